The first kappa shape index (κ1) is 18.6. The van der Waals surface area contributed by atoms with Crippen molar-refractivity contribution in [2.75, 3.05) is 49.2 Å². The Hall–Kier alpha value is -1.76. The van der Waals surface area contributed by atoms with Crippen LogP contribution in [-0.2, 0) is 18.3 Å². The van der Waals surface area contributed by atoms with Gasteiger partial charge in [0.2, 0.25) is 0 Å². The molecule has 27 heavy (non-hydrogen) atoms. The predicted octanol–water partition coefficient (Wildman–Crippen LogP) is 2.67. The summed E-state index contributed by atoms with van der Waals surface area (Å²) in [7, 11) is 2.00. The van der Waals surface area contributed by atoms with E-state index in [1.807, 2.05) is 30.1 Å². The van der Waals surface area contributed by atoms with Gasteiger partial charge in [-0.25, -0.2) is 0 Å². The topological polar surface area (TPSA) is 45.6 Å². The number of hydrogen-bond acceptors (Lipinski definition) is 5. The van der Waals surface area contributed by atoms with Gasteiger partial charge in [0.25, 0.3) is 0 Å². The lowest BCUT2D eigenvalue weighted by Gasteiger charge is -2.35. The molecule has 2 saturated heterocycles. The normalized spacial score (nSPS) is 20.9. The summed E-state index contributed by atoms with van der Waals surface area (Å²) in [5.74, 6) is 1.19. The molecule has 0 bridgehead atoms. The fraction of sp³-hybridized carbons (Fsp3) is 0.550. The maximum absolute atomic E-state index is 6.58. The minimum Gasteiger partial charge on any atom is -0.378 e. The van der Waals surface area contributed by atoms with E-state index >= 15 is 0 Å². The first-order valence-corrected chi connectivity index (χ1v) is 10.2. The Balaban J connectivity index is 1.43. The SMILES string of the molecule is Cn1nccc1N1CCCC(NCc2c(Cl)cccc2N2CCOCC2)C1. The summed E-state index contributed by atoms with van der Waals surface area (Å²) >= 11 is 6.58. The number of aryl methyl sites for hydroxylation is 1. The number of anilines is 2. The zero-order valence-electron chi connectivity index (χ0n) is 15.9. The summed E-state index contributed by atoms with van der Waals surface area (Å²) in [5, 5.41) is 8.90. The Morgan fingerprint density at radius 3 is 2.81 bits per heavy atom. The molecule has 3 heterocycles. The third-order valence-corrected chi connectivity index (χ3v) is 5.91. The van der Waals surface area contributed by atoms with Gasteiger partial charge >= 0.3 is 0 Å². The molecule has 4 rings (SSSR count). The quantitative estimate of drug-likeness (QED) is 0.851. The molecule has 146 valence electrons. The molecule has 2 aliphatic heterocycles. The van der Waals surface area contributed by atoms with E-state index in [1.165, 1.54) is 29.9 Å². The van der Waals surface area contributed by atoms with Gasteiger partial charge in [0.1, 0.15) is 5.82 Å². The first-order valence-electron chi connectivity index (χ1n) is 9.79. The molecule has 1 aromatic carbocycles. The lowest BCUT2D eigenvalue weighted by atomic mass is 10.0. The number of rotatable bonds is 5. The van der Waals surface area contributed by atoms with Gasteiger partial charge in [0.15, 0.2) is 0 Å². The second-order valence-corrected chi connectivity index (χ2v) is 7.72. The number of nitrogens with one attached hydrogen (secondary N) is 1. The van der Waals surface area contributed by atoms with Crippen LogP contribution in [0.3, 0.4) is 0 Å². The highest BCUT2D eigenvalue weighted by Crippen LogP contribution is 2.29. The van der Waals surface area contributed by atoms with Gasteiger partial charge in [-0.2, -0.15) is 5.10 Å². The molecule has 1 unspecified atom stereocenters. The molecule has 7 heteroatoms. The van der Waals surface area contributed by atoms with Gasteiger partial charge in [-0.1, -0.05) is 17.7 Å². The Labute approximate surface area is 166 Å². The maximum atomic E-state index is 6.58. The van der Waals surface area contributed by atoms with Crippen LogP contribution < -0.4 is 15.1 Å². The summed E-state index contributed by atoms with van der Waals surface area (Å²) in [5.41, 5.74) is 2.43. The van der Waals surface area contributed by atoms with Crippen LogP contribution in [0.25, 0.3) is 0 Å². The smallest absolute Gasteiger partial charge is 0.126 e. The number of aromatic nitrogens is 2. The molecule has 1 aromatic heterocycles. The van der Waals surface area contributed by atoms with Crippen LogP contribution in [0.5, 0.6) is 0 Å². The summed E-state index contributed by atoms with van der Waals surface area (Å²) in [4.78, 5) is 4.80. The average molecular weight is 390 g/mol. The van der Waals surface area contributed by atoms with Crippen molar-refractivity contribution in [3.63, 3.8) is 0 Å². The van der Waals surface area contributed by atoms with Crippen molar-refractivity contribution in [1.29, 1.82) is 0 Å². The molecule has 1 N–H and O–H groups in total. The summed E-state index contributed by atoms with van der Waals surface area (Å²) in [6.45, 7) is 6.27. The Morgan fingerprint density at radius 2 is 2.04 bits per heavy atom. The summed E-state index contributed by atoms with van der Waals surface area (Å²) < 4.78 is 7.45. The monoisotopic (exact) mass is 389 g/mol. The number of morpholine rings is 1. The highest BCUT2D eigenvalue weighted by molar-refractivity contribution is 6.31. The molecule has 0 radical (unpaired) electrons. The van der Waals surface area contributed by atoms with E-state index in [-0.39, 0.29) is 0 Å². The van der Waals surface area contributed by atoms with Gasteiger partial charge in [0.05, 0.1) is 19.4 Å². The minimum absolute atomic E-state index is 0.447. The van der Waals surface area contributed by atoms with Crippen LogP contribution in [0.2, 0.25) is 5.02 Å². The van der Waals surface area contributed by atoms with E-state index in [0.29, 0.717) is 6.04 Å². The van der Waals surface area contributed by atoms with Crippen molar-refractivity contribution in [3.8, 4) is 0 Å². The van der Waals surface area contributed by atoms with E-state index in [9.17, 15) is 0 Å². The molecular weight excluding hydrogens is 362 g/mol. The Morgan fingerprint density at radius 1 is 1.19 bits per heavy atom. The third kappa shape index (κ3) is 4.23. The van der Waals surface area contributed by atoms with Gasteiger partial charge in [-0.05, 0) is 25.0 Å². The second-order valence-electron chi connectivity index (χ2n) is 7.32. The summed E-state index contributed by atoms with van der Waals surface area (Å²) in [6.07, 6.45) is 4.23. The minimum atomic E-state index is 0.447. The number of nitrogens with zero attached hydrogens (tertiary/aromatic N) is 4. The van der Waals surface area contributed by atoms with Gasteiger partial charge in [-0.15, -0.1) is 0 Å². The first-order chi connectivity index (χ1) is 13.2. The van der Waals surface area contributed by atoms with Crippen molar-refractivity contribution >= 4 is 23.1 Å². The Kier molecular flexibility index (Phi) is 5.86. The molecular formula is C20H28ClN5O. The van der Waals surface area contributed by atoms with Crippen LogP contribution in [0.1, 0.15) is 18.4 Å². The number of halogens is 1. The summed E-state index contributed by atoms with van der Waals surface area (Å²) in [6, 6.07) is 8.75. The second kappa shape index (κ2) is 8.50. The third-order valence-electron chi connectivity index (χ3n) is 5.55. The highest BCUT2D eigenvalue weighted by atomic mass is 35.5. The number of piperidine rings is 1. The molecule has 1 atom stereocenters. The molecule has 0 spiro atoms. The van der Waals surface area contributed by atoms with Crippen molar-refractivity contribution in [2.24, 2.45) is 7.05 Å². The molecule has 0 aliphatic carbocycles. The molecule has 0 saturated carbocycles. The van der Waals surface area contributed by atoms with Crippen LogP contribution in [0.15, 0.2) is 30.5 Å². The molecule has 2 aromatic rings. The highest BCUT2D eigenvalue weighted by Gasteiger charge is 2.23. The van der Waals surface area contributed by atoms with Crippen molar-refractivity contribution in [1.82, 2.24) is 15.1 Å². The lowest BCUT2D eigenvalue weighted by molar-refractivity contribution is 0.122. The van der Waals surface area contributed by atoms with E-state index in [1.54, 1.807) is 0 Å². The zero-order chi connectivity index (χ0) is 18.6. The fourth-order valence-corrected chi connectivity index (χ4v) is 4.33. The molecule has 6 nitrogen and oxygen atoms in total. The van der Waals surface area contributed by atoms with Crippen molar-refractivity contribution in [2.45, 2.75) is 25.4 Å². The van der Waals surface area contributed by atoms with Gasteiger partial charge in [0, 0.05) is 68.2 Å². The number of ether oxygens (including phenoxy) is 1. The number of benzene rings is 1. The standard InChI is InChI=1S/C20H28ClN5O/c1-24-20(7-8-23-24)26-9-3-4-16(15-26)22-14-17-18(21)5-2-6-19(17)25-10-12-27-13-11-25/h2,5-8,16,22H,3-4,9-15H2,1H3. The van der Waals surface area contributed by atoms with Gasteiger partial charge in [-0.3, -0.25) is 4.68 Å². The van der Waals surface area contributed by atoms with Crippen LogP contribution in [-0.4, -0.2) is 55.2 Å². The van der Waals surface area contributed by atoms with Crippen molar-refractivity contribution < 1.29 is 4.74 Å². The average Bonchev–Trinajstić information content (AvgIpc) is 3.14. The predicted molar refractivity (Wildman–Crippen MR) is 110 cm³/mol. The lowest BCUT2D eigenvalue weighted by Crippen LogP contribution is -2.46. The van der Waals surface area contributed by atoms with Crippen molar-refractivity contribution in [3.05, 3.63) is 41.0 Å². The van der Waals surface area contributed by atoms with Crippen LogP contribution >= 0.6 is 11.6 Å². The number of hydrogen-bond donors (Lipinski definition) is 1. The maximum Gasteiger partial charge on any atom is 0.126 e. The molecule has 2 fully saturated rings. The largest absolute Gasteiger partial charge is 0.378 e. The fourth-order valence-electron chi connectivity index (χ4n) is 4.10. The van der Waals surface area contributed by atoms with E-state index in [4.69, 9.17) is 16.3 Å². The van der Waals surface area contributed by atoms with Crippen LogP contribution in [0.4, 0.5) is 11.5 Å². The Bertz CT molecular complexity index is 759. The van der Waals surface area contributed by atoms with Crippen LogP contribution in [0, 0.1) is 0 Å². The molecule has 2 aliphatic rings. The van der Waals surface area contributed by atoms with E-state index < -0.39 is 0 Å². The zero-order valence-corrected chi connectivity index (χ0v) is 16.7. The van der Waals surface area contributed by atoms with Gasteiger partial charge < -0.3 is 19.9 Å². The molecule has 0 amide bonds. The van der Waals surface area contributed by atoms with E-state index in [2.05, 4.69) is 32.3 Å². The van der Waals surface area contributed by atoms with E-state index in [0.717, 1.165) is 51.0 Å².